The molecule has 0 aromatic heterocycles. The van der Waals surface area contributed by atoms with Crippen LogP contribution < -0.4 is 10.6 Å². The van der Waals surface area contributed by atoms with Gasteiger partial charge in [-0.3, -0.25) is 9.59 Å². The zero-order chi connectivity index (χ0) is 19.5. The van der Waals surface area contributed by atoms with Crippen LogP contribution in [0.5, 0.6) is 0 Å². The van der Waals surface area contributed by atoms with Crippen molar-refractivity contribution in [1.29, 1.82) is 0 Å². The van der Waals surface area contributed by atoms with Gasteiger partial charge in [0, 0.05) is 12.6 Å². The summed E-state index contributed by atoms with van der Waals surface area (Å²) in [5, 5.41) is 8.28. The van der Waals surface area contributed by atoms with Crippen molar-refractivity contribution in [3.05, 3.63) is 77.2 Å². The van der Waals surface area contributed by atoms with Gasteiger partial charge in [-0.05, 0) is 58.4 Å². The highest BCUT2D eigenvalue weighted by Gasteiger charge is 2.24. The predicted octanol–water partition coefficient (Wildman–Crippen LogP) is 4.69. The van der Waals surface area contributed by atoms with Gasteiger partial charge < -0.3 is 10.6 Å². The van der Waals surface area contributed by atoms with Crippen molar-refractivity contribution in [1.82, 2.24) is 5.32 Å². The average Bonchev–Trinajstić information content (AvgIpc) is 3.02. The molecule has 1 aliphatic heterocycles. The molecule has 5 nitrogen and oxygen atoms in total. The van der Waals surface area contributed by atoms with Gasteiger partial charge in [0.25, 0.3) is 5.91 Å². The monoisotopic (exact) mass is 387 g/mol. The van der Waals surface area contributed by atoms with Crippen molar-refractivity contribution in [3.63, 3.8) is 0 Å². The zero-order valence-corrected chi connectivity index (χ0v) is 15.9. The molecule has 1 heterocycles. The lowest BCUT2D eigenvalue weighted by Crippen LogP contribution is -2.19. The molecule has 3 aromatic rings. The maximum absolute atomic E-state index is 12.4. The van der Waals surface area contributed by atoms with E-state index >= 15 is 0 Å². The summed E-state index contributed by atoms with van der Waals surface area (Å²) in [7, 11) is 0. The van der Waals surface area contributed by atoms with Crippen LogP contribution in [0.1, 0.15) is 12.5 Å². The van der Waals surface area contributed by atoms with E-state index in [1.54, 1.807) is 24.3 Å². The molecule has 0 spiro atoms. The number of rotatable bonds is 3. The highest BCUT2D eigenvalue weighted by molar-refractivity contribution is 8.18. The Bertz CT molecular complexity index is 1130. The molecule has 1 saturated heterocycles. The van der Waals surface area contributed by atoms with Crippen LogP contribution in [-0.4, -0.2) is 17.0 Å². The van der Waals surface area contributed by atoms with Crippen LogP contribution in [0.25, 0.3) is 16.8 Å². The topological polar surface area (TPSA) is 70.6 Å². The van der Waals surface area contributed by atoms with E-state index in [0.29, 0.717) is 21.4 Å². The normalized spacial score (nSPS) is 16.5. The van der Waals surface area contributed by atoms with Crippen LogP contribution in [0, 0.1) is 0 Å². The number of anilines is 1. The maximum atomic E-state index is 12.4. The minimum absolute atomic E-state index is 0.124. The lowest BCUT2D eigenvalue weighted by molar-refractivity contribution is -0.115. The number of nitrogens with zero attached hydrogens (tertiary/aromatic N) is 1. The molecule has 0 bridgehead atoms. The Morgan fingerprint density at radius 2 is 1.79 bits per heavy atom. The lowest BCUT2D eigenvalue weighted by Gasteiger charge is -2.02. The summed E-state index contributed by atoms with van der Waals surface area (Å²) in [6.45, 7) is 1.46. The maximum Gasteiger partial charge on any atom is 0.264 e. The molecule has 0 saturated carbocycles. The quantitative estimate of drug-likeness (QED) is 0.641. The van der Waals surface area contributed by atoms with E-state index in [9.17, 15) is 9.59 Å². The van der Waals surface area contributed by atoms with Gasteiger partial charge in [0.15, 0.2) is 5.17 Å². The number of benzene rings is 3. The first-order valence-corrected chi connectivity index (χ1v) is 9.55. The standard InChI is InChI=1S/C22H17N3O2S/c1-14(26)23-17-9-11-18(12-10-17)24-22-25-21(27)20(28-22)13-16-7-4-6-15-5-2-3-8-19(15)16/h2-13H,1H3,(H,23,26)(H,24,25,27)/b20-13-. The summed E-state index contributed by atoms with van der Waals surface area (Å²) in [5.41, 5.74) is 2.40. The molecule has 2 amide bonds. The smallest absolute Gasteiger partial charge is 0.264 e. The number of carbonyl (C=O) groups is 2. The minimum Gasteiger partial charge on any atom is -0.326 e. The third-order valence-electron chi connectivity index (χ3n) is 4.18. The van der Waals surface area contributed by atoms with Crippen molar-refractivity contribution in [3.8, 4) is 0 Å². The molecule has 3 aromatic carbocycles. The number of thioether (sulfide) groups is 1. The van der Waals surface area contributed by atoms with E-state index in [0.717, 1.165) is 16.3 Å². The lowest BCUT2D eigenvalue weighted by atomic mass is 10.0. The van der Waals surface area contributed by atoms with Crippen LogP contribution in [0.3, 0.4) is 0 Å². The number of aliphatic imine (C=N–C) groups is 1. The van der Waals surface area contributed by atoms with Gasteiger partial charge in [-0.2, -0.15) is 0 Å². The van der Waals surface area contributed by atoms with Crippen LogP contribution in [0.2, 0.25) is 0 Å². The van der Waals surface area contributed by atoms with Gasteiger partial charge in [0.2, 0.25) is 5.91 Å². The molecule has 138 valence electrons. The first kappa shape index (κ1) is 18.0. The van der Waals surface area contributed by atoms with Crippen LogP contribution in [-0.2, 0) is 9.59 Å². The molecule has 2 N–H and O–H groups in total. The number of hydrogen-bond donors (Lipinski definition) is 2. The van der Waals surface area contributed by atoms with Gasteiger partial charge in [-0.25, -0.2) is 4.99 Å². The predicted molar refractivity (Wildman–Crippen MR) is 115 cm³/mol. The van der Waals surface area contributed by atoms with Gasteiger partial charge in [0.05, 0.1) is 10.6 Å². The fraction of sp³-hybridized carbons (Fsp3) is 0.0455. The SMILES string of the molecule is CC(=O)Nc1ccc(N=C2NC(=O)/C(=C/c3cccc4ccccc34)S2)cc1. The zero-order valence-electron chi connectivity index (χ0n) is 15.1. The summed E-state index contributed by atoms with van der Waals surface area (Å²) in [5.74, 6) is -0.285. The molecule has 28 heavy (non-hydrogen) atoms. The Kier molecular flexibility index (Phi) is 4.95. The Morgan fingerprint density at radius 3 is 2.57 bits per heavy atom. The third-order valence-corrected chi connectivity index (χ3v) is 5.09. The molecule has 0 unspecified atom stereocenters. The van der Waals surface area contributed by atoms with Gasteiger partial charge in [0.1, 0.15) is 0 Å². The van der Waals surface area contributed by atoms with Crippen molar-refractivity contribution >= 4 is 57.0 Å². The molecule has 6 heteroatoms. The second-order valence-corrected chi connectivity index (χ2v) is 7.31. The summed E-state index contributed by atoms with van der Waals surface area (Å²) in [4.78, 5) is 28.5. The van der Waals surface area contributed by atoms with Crippen LogP contribution >= 0.6 is 11.8 Å². The van der Waals surface area contributed by atoms with Crippen molar-refractivity contribution in [2.75, 3.05) is 5.32 Å². The molecule has 0 aliphatic carbocycles. The number of amidine groups is 1. The van der Waals surface area contributed by atoms with E-state index in [1.807, 2.05) is 36.4 Å². The first-order valence-electron chi connectivity index (χ1n) is 8.73. The second kappa shape index (κ2) is 7.70. The highest BCUT2D eigenvalue weighted by atomic mass is 32.2. The van der Waals surface area contributed by atoms with Crippen molar-refractivity contribution in [2.24, 2.45) is 4.99 Å². The van der Waals surface area contributed by atoms with Gasteiger partial charge in [-0.1, -0.05) is 42.5 Å². The molecule has 1 aliphatic rings. The van der Waals surface area contributed by atoms with Crippen LogP contribution in [0.15, 0.2) is 76.6 Å². The van der Waals surface area contributed by atoms with Crippen molar-refractivity contribution in [2.45, 2.75) is 6.92 Å². The second-order valence-electron chi connectivity index (χ2n) is 6.28. The van der Waals surface area contributed by atoms with Gasteiger partial charge in [-0.15, -0.1) is 0 Å². The molecular weight excluding hydrogens is 370 g/mol. The summed E-state index contributed by atoms with van der Waals surface area (Å²) >= 11 is 1.31. The fourth-order valence-electron chi connectivity index (χ4n) is 2.94. The van der Waals surface area contributed by atoms with Crippen LogP contribution in [0.4, 0.5) is 11.4 Å². The van der Waals surface area contributed by atoms with E-state index in [4.69, 9.17) is 0 Å². The summed E-state index contributed by atoms with van der Waals surface area (Å²) in [6.07, 6.45) is 1.89. The molecule has 0 radical (unpaired) electrons. The van der Waals surface area contributed by atoms with E-state index in [-0.39, 0.29) is 11.8 Å². The van der Waals surface area contributed by atoms with E-state index in [1.165, 1.54) is 18.7 Å². The number of fused-ring (bicyclic) bond motifs is 1. The Morgan fingerprint density at radius 1 is 1.04 bits per heavy atom. The Hall–Kier alpha value is -3.38. The summed E-state index contributed by atoms with van der Waals surface area (Å²) in [6, 6.07) is 21.2. The molecule has 4 rings (SSSR count). The first-order chi connectivity index (χ1) is 13.6. The van der Waals surface area contributed by atoms with E-state index in [2.05, 4.69) is 27.8 Å². The minimum atomic E-state index is -0.161. The Labute approximate surface area is 166 Å². The third kappa shape index (κ3) is 3.97. The highest BCUT2D eigenvalue weighted by Crippen LogP contribution is 2.30. The largest absolute Gasteiger partial charge is 0.326 e. The number of hydrogen-bond acceptors (Lipinski definition) is 4. The van der Waals surface area contributed by atoms with E-state index < -0.39 is 0 Å². The van der Waals surface area contributed by atoms with Crippen molar-refractivity contribution < 1.29 is 9.59 Å². The molecule has 1 fully saturated rings. The summed E-state index contributed by atoms with van der Waals surface area (Å²) < 4.78 is 0. The van der Waals surface area contributed by atoms with Gasteiger partial charge >= 0.3 is 0 Å². The molecule has 0 atom stereocenters. The number of nitrogens with one attached hydrogen (secondary N) is 2. The number of carbonyl (C=O) groups excluding carboxylic acids is 2. The Balaban J connectivity index is 1.57. The average molecular weight is 387 g/mol. The molecular formula is C22H17N3O2S. The number of amides is 2. The fourth-order valence-corrected chi connectivity index (χ4v) is 3.77.